The Morgan fingerprint density at radius 2 is 1.12 bits per heavy atom. The van der Waals surface area contributed by atoms with E-state index in [4.69, 9.17) is 9.47 Å². The molecule has 4 rings (SSSR count). The fourth-order valence-electron chi connectivity index (χ4n) is 5.01. The summed E-state index contributed by atoms with van der Waals surface area (Å²) >= 11 is 0. The van der Waals surface area contributed by atoms with Crippen LogP contribution in [-0.2, 0) is 22.7 Å². The molecule has 0 spiro atoms. The van der Waals surface area contributed by atoms with Crippen LogP contribution in [-0.4, -0.2) is 98.2 Å². The van der Waals surface area contributed by atoms with Gasteiger partial charge in [0.15, 0.2) is 34.6 Å². The second-order valence-corrected chi connectivity index (χ2v) is 10.3. The summed E-state index contributed by atoms with van der Waals surface area (Å²) in [5.74, 6) is 0.193. The number of phenols is 2. The molecule has 2 aromatic carbocycles. The quantitative estimate of drug-likeness (QED) is 0.225. The van der Waals surface area contributed by atoms with Gasteiger partial charge in [-0.3, -0.25) is 19.4 Å². The largest absolute Gasteiger partial charge is 0.504 e. The Morgan fingerprint density at radius 1 is 0.732 bits per heavy atom. The van der Waals surface area contributed by atoms with Crippen LogP contribution in [0, 0.1) is 0 Å². The lowest BCUT2D eigenvalue weighted by atomic mass is 10.0. The minimum Gasteiger partial charge on any atom is -0.504 e. The van der Waals surface area contributed by atoms with E-state index in [0.717, 1.165) is 63.5 Å². The van der Waals surface area contributed by atoms with Crippen molar-refractivity contribution in [1.29, 1.82) is 0 Å². The van der Waals surface area contributed by atoms with Gasteiger partial charge in [0.1, 0.15) is 0 Å². The zero-order valence-corrected chi connectivity index (χ0v) is 23.8. The first-order valence-corrected chi connectivity index (χ1v) is 13.9. The molecule has 2 saturated heterocycles. The van der Waals surface area contributed by atoms with E-state index < -0.39 is 0 Å². The standard InChI is InChI=1S/C31H40N4O6/c1-40-28-17-22(15-24(30(28)38)20-34-11-7-32-8-12-34)3-5-26(36)19-27(37)6-4-23-16-25(31(39)29(18-23)41-2)21-35-13-9-33-10-14-35/h3-6,15-18,32-33,38-39H,7-14,19-21H2,1-2H3/b5-3+,6-4+. The Hall–Kier alpha value is -3.70. The normalized spacial score (nSPS) is 16.8. The van der Waals surface area contributed by atoms with Crippen molar-refractivity contribution in [3.63, 3.8) is 0 Å². The monoisotopic (exact) mass is 564 g/mol. The summed E-state index contributed by atoms with van der Waals surface area (Å²) < 4.78 is 10.7. The molecule has 0 aliphatic carbocycles. The summed E-state index contributed by atoms with van der Waals surface area (Å²) in [6.45, 7) is 8.24. The topological polar surface area (TPSA) is 124 Å². The van der Waals surface area contributed by atoms with E-state index in [-0.39, 0.29) is 29.5 Å². The number of nitrogens with one attached hydrogen (secondary N) is 2. The van der Waals surface area contributed by atoms with Crippen LogP contribution in [0.5, 0.6) is 23.0 Å². The van der Waals surface area contributed by atoms with Crippen molar-refractivity contribution >= 4 is 23.7 Å². The van der Waals surface area contributed by atoms with Crippen molar-refractivity contribution in [3.05, 3.63) is 58.7 Å². The highest BCUT2D eigenvalue weighted by Crippen LogP contribution is 2.34. The first kappa shape index (κ1) is 30.3. The molecular formula is C31H40N4O6. The van der Waals surface area contributed by atoms with Gasteiger partial charge in [-0.15, -0.1) is 0 Å². The Kier molecular flexibility index (Phi) is 10.9. The third-order valence-electron chi connectivity index (χ3n) is 7.27. The summed E-state index contributed by atoms with van der Waals surface area (Å²) in [5.41, 5.74) is 2.85. The molecule has 0 radical (unpaired) electrons. The van der Waals surface area contributed by atoms with Crippen LogP contribution in [0.25, 0.3) is 12.2 Å². The lowest BCUT2D eigenvalue weighted by Crippen LogP contribution is -2.42. The van der Waals surface area contributed by atoms with Crippen molar-refractivity contribution < 1.29 is 29.3 Å². The minimum atomic E-state index is -0.335. The Labute approximate surface area is 241 Å². The van der Waals surface area contributed by atoms with E-state index in [0.29, 0.717) is 35.7 Å². The SMILES string of the molecule is COc1cc(/C=C/C(=O)CC(=O)/C=C/c2cc(CN3CCNCC3)c(O)c(OC)c2)cc(CN2CCNCC2)c1O. The minimum absolute atomic E-state index is 0.0942. The number of carbonyl (C=O) groups excluding carboxylic acids is 2. The van der Waals surface area contributed by atoms with E-state index >= 15 is 0 Å². The van der Waals surface area contributed by atoms with E-state index in [1.54, 1.807) is 24.3 Å². The number of ether oxygens (including phenoxy) is 2. The van der Waals surface area contributed by atoms with Gasteiger partial charge in [-0.25, -0.2) is 0 Å². The molecule has 0 saturated carbocycles. The molecule has 0 aromatic heterocycles. The number of aromatic hydroxyl groups is 2. The highest BCUT2D eigenvalue weighted by atomic mass is 16.5. The molecule has 10 nitrogen and oxygen atoms in total. The summed E-state index contributed by atoms with van der Waals surface area (Å²) in [5, 5.41) is 27.8. The second kappa shape index (κ2) is 14.8. The van der Waals surface area contributed by atoms with Crippen LogP contribution in [0.2, 0.25) is 0 Å². The zero-order valence-electron chi connectivity index (χ0n) is 23.8. The molecular weight excluding hydrogens is 524 g/mol. The van der Waals surface area contributed by atoms with Crippen molar-refractivity contribution in [1.82, 2.24) is 20.4 Å². The Balaban J connectivity index is 1.39. The number of piperazine rings is 2. The van der Waals surface area contributed by atoms with Crippen molar-refractivity contribution in [3.8, 4) is 23.0 Å². The third-order valence-corrected chi connectivity index (χ3v) is 7.27. The number of hydrogen-bond acceptors (Lipinski definition) is 10. The number of allylic oxidation sites excluding steroid dienone is 2. The Morgan fingerprint density at radius 3 is 1.49 bits per heavy atom. The molecule has 2 aliphatic heterocycles. The fourth-order valence-corrected chi connectivity index (χ4v) is 5.01. The van der Waals surface area contributed by atoms with Gasteiger partial charge < -0.3 is 30.3 Å². The molecule has 0 bridgehead atoms. The second-order valence-electron chi connectivity index (χ2n) is 10.3. The maximum Gasteiger partial charge on any atom is 0.163 e. The molecule has 2 fully saturated rings. The summed E-state index contributed by atoms with van der Waals surface area (Å²) in [4.78, 5) is 29.6. The molecule has 2 aromatic rings. The highest BCUT2D eigenvalue weighted by Gasteiger charge is 2.17. The molecule has 2 aliphatic rings. The number of ketones is 2. The average molecular weight is 565 g/mol. The van der Waals surface area contributed by atoms with Crippen molar-refractivity contribution in [2.24, 2.45) is 0 Å². The van der Waals surface area contributed by atoms with Gasteiger partial charge in [0, 0.05) is 76.6 Å². The summed E-state index contributed by atoms with van der Waals surface area (Å²) in [6.07, 6.45) is 5.74. The number of nitrogens with zero attached hydrogens (tertiary/aromatic N) is 2. The van der Waals surface area contributed by atoms with E-state index in [2.05, 4.69) is 20.4 Å². The number of phenolic OH excluding ortho intramolecular Hbond substituents is 2. The van der Waals surface area contributed by atoms with Crippen LogP contribution in [0.3, 0.4) is 0 Å². The van der Waals surface area contributed by atoms with Crippen LogP contribution in [0.4, 0.5) is 0 Å². The highest BCUT2D eigenvalue weighted by molar-refractivity contribution is 6.10. The third kappa shape index (κ3) is 8.64. The molecule has 2 heterocycles. The van der Waals surface area contributed by atoms with Crippen LogP contribution < -0.4 is 20.1 Å². The summed E-state index contributed by atoms with van der Waals surface area (Å²) in [7, 11) is 2.98. The molecule has 0 atom stereocenters. The lowest BCUT2D eigenvalue weighted by Gasteiger charge is -2.27. The smallest absolute Gasteiger partial charge is 0.163 e. The fraction of sp³-hybridized carbons (Fsp3) is 0.419. The molecule has 41 heavy (non-hydrogen) atoms. The first-order chi connectivity index (χ1) is 19.9. The molecule has 4 N–H and O–H groups in total. The molecule has 0 amide bonds. The number of methoxy groups -OCH3 is 2. The van der Waals surface area contributed by atoms with Gasteiger partial charge in [-0.05, 0) is 47.5 Å². The predicted molar refractivity (Wildman–Crippen MR) is 158 cm³/mol. The van der Waals surface area contributed by atoms with Gasteiger partial charge in [0.25, 0.3) is 0 Å². The average Bonchev–Trinajstić information content (AvgIpc) is 2.98. The maximum atomic E-state index is 12.6. The van der Waals surface area contributed by atoms with E-state index in [9.17, 15) is 19.8 Å². The summed E-state index contributed by atoms with van der Waals surface area (Å²) in [6, 6.07) is 7.00. The lowest BCUT2D eigenvalue weighted by molar-refractivity contribution is -0.121. The Bertz CT molecular complexity index is 1180. The van der Waals surface area contributed by atoms with Gasteiger partial charge in [0.2, 0.25) is 0 Å². The van der Waals surface area contributed by atoms with Crippen molar-refractivity contribution in [2.75, 3.05) is 66.6 Å². The zero-order chi connectivity index (χ0) is 29.2. The van der Waals surface area contributed by atoms with Gasteiger partial charge in [-0.1, -0.05) is 12.2 Å². The number of hydrogen-bond donors (Lipinski definition) is 4. The number of rotatable bonds is 12. The van der Waals surface area contributed by atoms with E-state index in [1.807, 2.05) is 12.1 Å². The molecule has 10 heteroatoms. The number of benzene rings is 2. The first-order valence-electron chi connectivity index (χ1n) is 13.9. The van der Waals surface area contributed by atoms with Gasteiger partial charge in [-0.2, -0.15) is 0 Å². The van der Waals surface area contributed by atoms with Gasteiger partial charge >= 0.3 is 0 Å². The maximum absolute atomic E-state index is 12.6. The van der Waals surface area contributed by atoms with E-state index in [1.165, 1.54) is 26.4 Å². The van der Waals surface area contributed by atoms with Gasteiger partial charge in [0.05, 0.1) is 20.6 Å². The predicted octanol–water partition coefficient (Wildman–Crippen LogP) is 2.18. The molecule has 0 unspecified atom stereocenters. The molecule has 220 valence electrons. The van der Waals surface area contributed by atoms with Crippen LogP contribution >= 0.6 is 0 Å². The van der Waals surface area contributed by atoms with Crippen LogP contribution in [0.1, 0.15) is 28.7 Å². The number of carbonyl (C=O) groups is 2. The van der Waals surface area contributed by atoms with Crippen LogP contribution in [0.15, 0.2) is 36.4 Å². The van der Waals surface area contributed by atoms with Crippen molar-refractivity contribution in [2.45, 2.75) is 19.5 Å².